The number of carbonyl (C=O) groups excluding carboxylic acids is 1. The number of amides is 1. The normalized spacial score (nSPS) is 13.4. The first-order valence-electron chi connectivity index (χ1n) is 11.4. The Kier molecular flexibility index (Phi) is 8.84. The fraction of sp³-hybridized carbons (Fsp3) is 0.333. The highest BCUT2D eigenvalue weighted by molar-refractivity contribution is 6.05. The molecule has 2 aromatic carbocycles. The summed E-state index contributed by atoms with van der Waals surface area (Å²) in [6.07, 6.45) is 7.31. The molecular weight excluding hydrogens is 418 g/mol. The van der Waals surface area contributed by atoms with Gasteiger partial charge in [0, 0.05) is 18.7 Å². The highest BCUT2D eigenvalue weighted by atomic mass is 16.5. The van der Waals surface area contributed by atoms with Crippen molar-refractivity contribution < 1.29 is 24.2 Å². The Balaban J connectivity index is 1.79. The van der Waals surface area contributed by atoms with Crippen LogP contribution >= 0.6 is 0 Å². The lowest BCUT2D eigenvalue weighted by atomic mass is 10.00. The van der Waals surface area contributed by atoms with Gasteiger partial charge in [-0.15, -0.1) is 0 Å². The number of carboxylic acid groups (broad SMARTS) is 1. The minimum Gasteiger partial charge on any atom is -0.491 e. The number of anilines is 1. The van der Waals surface area contributed by atoms with Crippen LogP contribution in [0.1, 0.15) is 38.7 Å². The molecule has 3 rings (SSSR count). The fourth-order valence-electron chi connectivity index (χ4n) is 3.65. The van der Waals surface area contributed by atoms with E-state index in [1.807, 2.05) is 42.5 Å². The molecule has 174 valence electrons. The quantitative estimate of drug-likeness (QED) is 0.392. The second-order valence-corrected chi connectivity index (χ2v) is 7.83. The van der Waals surface area contributed by atoms with Crippen molar-refractivity contribution in [3.8, 4) is 16.9 Å². The van der Waals surface area contributed by atoms with E-state index in [-0.39, 0.29) is 17.9 Å². The molecule has 6 nitrogen and oxygen atoms in total. The summed E-state index contributed by atoms with van der Waals surface area (Å²) < 4.78 is 11.3. The molecule has 0 unspecified atom stereocenters. The maximum atomic E-state index is 12.6. The van der Waals surface area contributed by atoms with E-state index in [1.54, 1.807) is 24.0 Å². The Morgan fingerprint density at radius 3 is 2.52 bits per heavy atom. The molecule has 0 saturated carbocycles. The summed E-state index contributed by atoms with van der Waals surface area (Å²) in [7, 11) is 0. The van der Waals surface area contributed by atoms with Crippen molar-refractivity contribution in [2.45, 2.75) is 33.1 Å². The fourth-order valence-corrected chi connectivity index (χ4v) is 3.65. The number of fused-ring (bicyclic) bond motifs is 1. The zero-order valence-corrected chi connectivity index (χ0v) is 19.3. The van der Waals surface area contributed by atoms with Gasteiger partial charge in [0.15, 0.2) is 0 Å². The van der Waals surface area contributed by atoms with E-state index in [1.165, 1.54) is 6.08 Å². The molecule has 0 aromatic heterocycles. The van der Waals surface area contributed by atoms with Gasteiger partial charge in [0.05, 0.1) is 12.3 Å². The zero-order valence-electron chi connectivity index (χ0n) is 19.3. The van der Waals surface area contributed by atoms with Gasteiger partial charge in [0.1, 0.15) is 12.4 Å². The number of hydrogen-bond donors (Lipinski definition) is 1. The molecule has 1 amide bonds. The van der Waals surface area contributed by atoms with Gasteiger partial charge in [-0.25, -0.2) is 4.79 Å². The zero-order chi connectivity index (χ0) is 23.6. The summed E-state index contributed by atoms with van der Waals surface area (Å²) >= 11 is 0. The average Bonchev–Trinajstić information content (AvgIpc) is 3.01. The number of rotatable bonds is 10. The first-order chi connectivity index (χ1) is 16.0. The van der Waals surface area contributed by atoms with Crippen LogP contribution in [0, 0.1) is 0 Å². The monoisotopic (exact) mass is 449 g/mol. The van der Waals surface area contributed by atoms with Crippen molar-refractivity contribution in [1.29, 1.82) is 0 Å². The van der Waals surface area contributed by atoms with Crippen molar-refractivity contribution in [2.24, 2.45) is 0 Å². The molecule has 2 aromatic rings. The third-order valence-electron chi connectivity index (χ3n) is 5.43. The molecule has 33 heavy (non-hydrogen) atoms. The van der Waals surface area contributed by atoms with Crippen LogP contribution < -0.4 is 9.64 Å². The van der Waals surface area contributed by atoms with Crippen LogP contribution in [-0.4, -0.2) is 43.3 Å². The van der Waals surface area contributed by atoms with E-state index in [9.17, 15) is 14.7 Å². The van der Waals surface area contributed by atoms with Crippen molar-refractivity contribution >= 4 is 23.6 Å². The van der Waals surface area contributed by atoms with Gasteiger partial charge in [0.2, 0.25) is 0 Å². The first-order valence-corrected chi connectivity index (χ1v) is 11.4. The number of allylic oxidation sites excluding steroid dienone is 1. The van der Waals surface area contributed by atoms with Gasteiger partial charge < -0.3 is 19.5 Å². The van der Waals surface area contributed by atoms with Gasteiger partial charge in [-0.1, -0.05) is 37.6 Å². The average molecular weight is 450 g/mol. The predicted octanol–water partition coefficient (Wildman–Crippen LogP) is 5.33. The lowest BCUT2D eigenvalue weighted by Crippen LogP contribution is -2.30. The standard InChI is InChI=1S/C27H31NO5/c1-3-5-15-32-16-17-33-24-10-7-20(8-11-24)21-9-12-25-23(18-21)19-22(27(30)31)13-14-28(25)26(29)6-4-2/h4,6-12,18-19H,3,5,13-17H2,1-2H3,(H,30,31)/b6-4+. The summed E-state index contributed by atoms with van der Waals surface area (Å²) in [5, 5.41) is 9.56. The summed E-state index contributed by atoms with van der Waals surface area (Å²) in [6, 6.07) is 13.5. The smallest absolute Gasteiger partial charge is 0.331 e. The number of hydrogen-bond acceptors (Lipinski definition) is 4. The highest BCUT2D eigenvalue weighted by Gasteiger charge is 2.22. The minimum absolute atomic E-state index is 0.160. The number of unbranched alkanes of at least 4 members (excludes halogenated alkanes) is 1. The van der Waals surface area contributed by atoms with Crippen LogP contribution in [0.15, 0.2) is 60.2 Å². The number of nitrogens with zero attached hydrogens (tertiary/aromatic N) is 1. The van der Waals surface area contributed by atoms with E-state index in [0.29, 0.717) is 31.0 Å². The molecule has 1 aliphatic rings. The van der Waals surface area contributed by atoms with Gasteiger partial charge in [0.25, 0.3) is 5.91 Å². The van der Waals surface area contributed by atoms with E-state index in [0.717, 1.165) is 36.3 Å². The lowest BCUT2D eigenvalue weighted by Gasteiger charge is -2.22. The van der Waals surface area contributed by atoms with Crippen LogP contribution in [0.4, 0.5) is 5.69 Å². The molecule has 1 heterocycles. The topological polar surface area (TPSA) is 76.1 Å². The van der Waals surface area contributed by atoms with E-state index < -0.39 is 5.97 Å². The summed E-state index contributed by atoms with van der Waals surface area (Å²) in [5.41, 5.74) is 3.62. The number of carboxylic acids is 1. The van der Waals surface area contributed by atoms with Gasteiger partial charge in [-0.2, -0.15) is 0 Å². The summed E-state index contributed by atoms with van der Waals surface area (Å²) in [5.74, 6) is -0.359. The van der Waals surface area contributed by atoms with Crippen molar-refractivity contribution in [3.05, 3.63) is 65.8 Å². The van der Waals surface area contributed by atoms with Crippen LogP contribution in [0.2, 0.25) is 0 Å². The Labute approximate surface area is 195 Å². The molecule has 1 aliphatic heterocycles. The van der Waals surface area contributed by atoms with Crippen molar-refractivity contribution in [2.75, 3.05) is 31.3 Å². The van der Waals surface area contributed by atoms with Crippen LogP contribution in [0.5, 0.6) is 5.75 Å². The number of carbonyl (C=O) groups is 2. The Hall–Kier alpha value is -3.38. The van der Waals surface area contributed by atoms with E-state index in [4.69, 9.17) is 9.47 Å². The first kappa shape index (κ1) is 24.3. The molecule has 0 aliphatic carbocycles. The SMILES string of the molecule is C/C=C/C(=O)N1CCC(C(=O)O)=Cc2cc(-c3ccc(OCCOCCCC)cc3)ccc21. The highest BCUT2D eigenvalue weighted by Crippen LogP contribution is 2.33. The molecule has 0 radical (unpaired) electrons. The van der Waals surface area contributed by atoms with Crippen molar-refractivity contribution in [1.82, 2.24) is 0 Å². The number of aliphatic carboxylic acids is 1. The summed E-state index contributed by atoms with van der Waals surface area (Å²) in [4.78, 5) is 25.9. The number of benzene rings is 2. The Morgan fingerprint density at radius 1 is 1.06 bits per heavy atom. The third-order valence-corrected chi connectivity index (χ3v) is 5.43. The maximum absolute atomic E-state index is 12.6. The molecule has 0 saturated heterocycles. The molecule has 0 spiro atoms. The molecule has 0 atom stereocenters. The maximum Gasteiger partial charge on any atom is 0.331 e. The summed E-state index contributed by atoms with van der Waals surface area (Å²) in [6.45, 7) is 6.06. The van der Waals surface area contributed by atoms with E-state index in [2.05, 4.69) is 6.92 Å². The Bertz CT molecular complexity index is 1020. The molecule has 0 bridgehead atoms. The second-order valence-electron chi connectivity index (χ2n) is 7.83. The van der Waals surface area contributed by atoms with E-state index >= 15 is 0 Å². The largest absolute Gasteiger partial charge is 0.491 e. The number of ether oxygens (including phenoxy) is 2. The molecular formula is C27H31NO5. The predicted molar refractivity (Wildman–Crippen MR) is 130 cm³/mol. The lowest BCUT2D eigenvalue weighted by molar-refractivity contribution is -0.132. The minimum atomic E-state index is -0.966. The Morgan fingerprint density at radius 2 is 1.82 bits per heavy atom. The molecule has 6 heteroatoms. The second kappa shape index (κ2) is 12.0. The van der Waals surface area contributed by atoms with Crippen molar-refractivity contribution in [3.63, 3.8) is 0 Å². The van der Waals surface area contributed by atoms with Gasteiger partial charge >= 0.3 is 5.97 Å². The van der Waals surface area contributed by atoms with Crippen LogP contribution in [0.3, 0.4) is 0 Å². The van der Waals surface area contributed by atoms with Gasteiger partial charge in [-0.05, 0) is 72.9 Å². The van der Waals surface area contributed by atoms with Gasteiger partial charge in [-0.3, -0.25) is 4.79 Å². The third kappa shape index (κ3) is 6.56. The van der Waals surface area contributed by atoms with Crippen LogP contribution in [0.25, 0.3) is 17.2 Å². The van der Waals surface area contributed by atoms with Crippen LogP contribution in [-0.2, 0) is 14.3 Å². The molecule has 1 N–H and O–H groups in total. The molecule has 0 fully saturated rings.